The molecule has 0 spiro atoms. The lowest BCUT2D eigenvalue weighted by Crippen LogP contribution is -2.27. The number of halogens is 4. The van der Waals surface area contributed by atoms with E-state index in [2.05, 4.69) is 20.0 Å². The van der Waals surface area contributed by atoms with Gasteiger partial charge in [-0.1, -0.05) is 11.6 Å². The molecule has 0 fully saturated rings. The number of carbonyl (C=O) groups excluding carboxylic acids is 2. The molecule has 0 aliphatic rings. The first-order valence-corrected chi connectivity index (χ1v) is 8.53. The lowest BCUT2D eigenvalue weighted by molar-refractivity contribution is -0.154. The van der Waals surface area contributed by atoms with Crippen LogP contribution in [0.15, 0.2) is 30.6 Å². The largest absolute Gasteiger partial charge is 0.467 e. The molecule has 0 aromatic carbocycles. The van der Waals surface area contributed by atoms with Crippen molar-refractivity contribution >= 4 is 23.3 Å². The van der Waals surface area contributed by atoms with Gasteiger partial charge in [0.05, 0.1) is 6.04 Å². The predicted octanol–water partition coefficient (Wildman–Crippen LogP) is 3.69. The molecule has 2 rings (SSSR count). The minimum Gasteiger partial charge on any atom is -0.467 e. The zero-order chi connectivity index (χ0) is 20.9. The quantitative estimate of drug-likeness (QED) is 0.745. The highest BCUT2D eigenvalue weighted by Gasteiger charge is 2.29. The third kappa shape index (κ3) is 6.49. The van der Waals surface area contributed by atoms with Gasteiger partial charge in [0.2, 0.25) is 5.88 Å². The Morgan fingerprint density at radius 3 is 2.61 bits per heavy atom. The summed E-state index contributed by atoms with van der Waals surface area (Å²) in [5.74, 6) is -0.829. The number of hydrogen-bond donors (Lipinski definition) is 1. The van der Waals surface area contributed by atoms with Crippen molar-refractivity contribution in [2.24, 2.45) is 0 Å². The molecular weight excluding hydrogens is 399 g/mol. The third-order valence-corrected chi connectivity index (χ3v) is 3.83. The number of nitrogens with one attached hydrogen (secondary N) is 1. The number of Topliss-reactive ketones (excluding diaryl/α,β-unsaturated/α-hetero) is 1. The normalized spacial score (nSPS) is 12.4. The first-order chi connectivity index (χ1) is 13.0. The number of carbonyl (C=O) groups is 2. The van der Waals surface area contributed by atoms with Crippen LogP contribution in [0.2, 0.25) is 5.02 Å². The Balaban J connectivity index is 2.06. The molecule has 0 saturated heterocycles. The molecule has 10 heteroatoms. The molecule has 28 heavy (non-hydrogen) atoms. The fourth-order valence-electron chi connectivity index (χ4n) is 2.27. The Labute approximate surface area is 164 Å². The van der Waals surface area contributed by atoms with E-state index in [0.29, 0.717) is 16.8 Å². The van der Waals surface area contributed by atoms with Crippen molar-refractivity contribution in [3.63, 3.8) is 0 Å². The number of ketones is 1. The Morgan fingerprint density at radius 2 is 2.00 bits per heavy atom. The summed E-state index contributed by atoms with van der Waals surface area (Å²) < 4.78 is 41.2. The van der Waals surface area contributed by atoms with E-state index in [0.717, 1.165) is 0 Å². The summed E-state index contributed by atoms with van der Waals surface area (Å²) >= 11 is 5.92. The van der Waals surface area contributed by atoms with Gasteiger partial charge >= 0.3 is 6.18 Å². The van der Waals surface area contributed by atoms with Gasteiger partial charge in [-0.15, -0.1) is 0 Å². The van der Waals surface area contributed by atoms with E-state index in [1.54, 1.807) is 6.92 Å². The molecule has 2 aromatic heterocycles. The monoisotopic (exact) mass is 415 g/mol. The molecule has 1 N–H and O–H groups in total. The predicted molar refractivity (Wildman–Crippen MR) is 95.3 cm³/mol. The molecule has 0 aliphatic heterocycles. The lowest BCUT2D eigenvalue weighted by Gasteiger charge is -2.16. The van der Waals surface area contributed by atoms with Crippen molar-refractivity contribution in [2.75, 3.05) is 6.61 Å². The van der Waals surface area contributed by atoms with Gasteiger partial charge in [0.15, 0.2) is 6.61 Å². The van der Waals surface area contributed by atoms with Crippen LogP contribution in [-0.2, 0) is 11.2 Å². The summed E-state index contributed by atoms with van der Waals surface area (Å²) in [4.78, 5) is 31.4. The van der Waals surface area contributed by atoms with E-state index in [-0.39, 0.29) is 23.1 Å². The second-order valence-electron chi connectivity index (χ2n) is 6.07. The maximum atomic E-state index is 12.4. The molecule has 2 heterocycles. The average molecular weight is 416 g/mol. The molecule has 0 aliphatic carbocycles. The van der Waals surface area contributed by atoms with E-state index in [9.17, 15) is 22.8 Å². The number of nitrogens with zero attached hydrogens (tertiary/aromatic N) is 2. The van der Waals surface area contributed by atoms with Crippen molar-refractivity contribution in [1.29, 1.82) is 0 Å². The van der Waals surface area contributed by atoms with Gasteiger partial charge in [-0.2, -0.15) is 13.2 Å². The van der Waals surface area contributed by atoms with Crippen LogP contribution in [0.3, 0.4) is 0 Å². The zero-order valence-corrected chi connectivity index (χ0v) is 15.8. The Morgan fingerprint density at radius 1 is 1.29 bits per heavy atom. The number of alkyl halides is 3. The van der Waals surface area contributed by atoms with Crippen molar-refractivity contribution < 1.29 is 27.5 Å². The summed E-state index contributed by atoms with van der Waals surface area (Å²) in [7, 11) is 0. The van der Waals surface area contributed by atoms with Crippen LogP contribution in [0.25, 0.3) is 0 Å². The van der Waals surface area contributed by atoms with Gasteiger partial charge in [-0.3, -0.25) is 14.6 Å². The van der Waals surface area contributed by atoms with E-state index >= 15 is 0 Å². The second-order valence-corrected chi connectivity index (χ2v) is 6.48. The van der Waals surface area contributed by atoms with Crippen molar-refractivity contribution in [3.05, 3.63) is 52.4 Å². The Bertz CT molecular complexity index is 875. The molecule has 0 radical (unpaired) electrons. The smallest absolute Gasteiger partial charge is 0.422 e. The van der Waals surface area contributed by atoms with Crippen LogP contribution in [0, 0.1) is 0 Å². The fourth-order valence-corrected chi connectivity index (χ4v) is 2.50. The molecule has 0 bridgehead atoms. The van der Waals surface area contributed by atoms with Crippen LogP contribution in [0.1, 0.15) is 41.5 Å². The van der Waals surface area contributed by atoms with Gasteiger partial charge in [0.25, 0.3) is 5.91 Å². The van der Waals surface area contributed by atoms with Crippen molar-refractivity contribution in [1.82, 2.24) is 15.3 Å². The maximum Gasteiger partial charge on any atom is 0.422 e. The van der Waals surface area contributed by atoms with Crippen LogP contribution in [-0.4, -0.2) is 34.4 Å². The lowest BCUT2D eigenvalue weighted by atomic mass is 10.1. The molecule has 2 aromatic rings. The number of aromatic nitrogens is 2. The van der Waals surface area contributed by atoms with Gasteiger partial charge in [-0.25, -0.2) is 4.98 Å². The van der Waals surface area contributed by atoms with Crippen LogP contribution < -0.4 is 10.1 Å². The molecule has 1 amide bonds. The summed E-state index contributed by atoms with van der Waals surface area (Å²) in [6, 6.07) is 3.87. The van der Waals surface area contributed by atoms with Gasteiger partial charge in [-0.05, 0) is 37.6 Å². The number of pyridine rings is 2. The second kappa shape index (κ2) is 9.01. The first kappa shape index (κ1) is 21.6. The molecular formula is C18H17ClF3N3O3. The number of amides is 1. The highest BCUT2D eigenvalue weighted by atomic mass is 35.5. The third-order valence-electron chi connectivity index (χ3n) is 3.56. The van der Waals surface area contributed by atoms with Gasteiger partial charge in [0, 0.05) is 30.1 Å². The number of hydrogen-bond acceptors (Lipinski definition) is 5. The van der Waals surface area contributed by atoms with Crippen molar-refractivity contribution in [3.8, 4) is 5.88 Å². The molecule has 150 valence electrons. The van der Waals surface area contributed by atoms with E-state index < -0.39 is 24.7 Å². The molecule has 1 atom stereocenters. The maximum absolute atomic E-state index is 12.4. The van der Waals surface area contributed by atoms with Crippen LogP contribution in [0.5, 0.6) is 5.88 Å². The Kier molecular flexibility index (Phi) is 6.95. The fraction of sp³-hybridized carbons (Fsp3) is 0.333. The SMILES string of the molecule is CC(=O)Cc1cc(C(=O)NC(C)c2cnc(OCC(F)(F)F)c(Cl)c2)ccn1. The van der Waals surface area contributed by atoms with Crippen LogP contribution >= 0.6 is 11.6 Å². The number of ether oxygens (including phenoxy) is 1. The van der Waals surface area contributed by atoms with E-state index in [1.165, 1.54) is 37.5 Å². The van der Waals surface area contributed by atoms with Crippen LogP contribution in [0.4, 0.5) is 13.2 Å². The summed E-state index contributed by atoms with van der Waals surface area (Å²) in [6.07, 6.45) is -1.67. The molecule has 6 nitrogen and oxygen atoms in total. The van der Waals surface area contributed by atoms with E-state index in [1.807, 2.05) is 0 Å². The van der Waals surface area contributed by atoms with Gasteiger partial charge in [0.1, 0.15) is 10.8 Å². The summed E-state index contributed by atoms with van der Waals surface area (Å²) in [5.41, 5.74) is 1.28. The standard InChI is InChI=1S/C18H17ClF3N3O3/c1-10(26)5-14-6-12(3-4-23-14)16(27)25-11(2)13-7-15(19)17(24-8-13)28-9-18(20,21)22/h3-4,6-8,11H,5,9H2,1-2H3,(H,25,27). The van der Waals surface area contributed by atoms with Crippen molar-refractivity contribution in [2.45, 2.75) is 32.5 Å². The average Bonchev–Trinajstić information content (AvgIpc) is 2.59. The van der Waals surface area contributed by atoms with E-state index in [4.69, 9.17) is 11.6 Å². The Hall–Kier alpha value is -2.68. The molecule has 0 saturated carbocycles. The highest BCUT2D eigenvalue weighted by molar-refractivity contribution is 6.31. The van der Waals surface area contributed by atoms with Gasteiger partial charge < -0.3 is 10.1 Å². The minimum absolute atomic E-state index is 0.0769. The summed E-state index contributed by atoms with van der Waals surface area (Å²) in [5, 5.41) is 2.62. The summed E-state index contributed by atoms with van der Waals surface area (Å²) in [6.45, 7) is 1.59. The highest BCUT2D eigenvalue weighted by Crippen LogP contribution is 2.27. The topological polar surface area (TPSA) is 81.2 Å². The first-order valence-electron chi connectivity index (χ1n) is 8.15. The minimum atomic E-state index is -4.50. The zero-order valence-electron chi connectivity index (χ0n) is 15.0. The molecule has 1 unspecified atom stereocenters. The number of rotatable bonds is 7.